The zero-order chi connectivity index (χ0) is 15.2. The number of thiazole rings is 1. The van der Waals surface area contributed by atoms with Crippen molar-refractivity contribution in [1.82, 2.24) is 19.2 Å². The summed E-state index contributed by atoms with van der Waals surface area (Å²) in [5, 5.41) is 5.78. The molecule has 10 heteroatoms. The van der Waals surface area contributed by atoms with Crippen molar-refractivity contribution < 1.29 is 8.42 Å². The largest absolute Gasteiger partial charge is 0.381 e. The maximum Gasteiger partial charge on any atom is 0.281 e. The van der Waals surface area contributed by atoms with E-state index in [0.29, 0.717) is 10.6 Å². The molecule has 3 rings (SSSR count). The van der Waals surface area contributed by atoms with Crippen LogP contribution in [0.5, 0.6) is 0 Å². The first kappa shape index (κ1) is 13.9. The van der Waals surface area contributed by atoms with Gasteiger partial charge in [0.25, 0.3) is 10.0 Å². The van der Waals surface area contributed by atoms with Crippen LogP contribution >= 0.6 is 11.3 Å². The number of hydrogen-bond acceptors (Lipinski definition) is 6. The molecule has 0 saturated heterocycles. The fourth-order valence-corrected chi connectivity index (χ4v) is 3.94. The fraction of sp³-hybridized carbons (Fsp3) is 0.273. The molecule has 3 aromatic rings. The summed E-state index contributed by atoms with van der Waals surface area (Å²) < 4.78 is 30.6. The quantitative estimate of drug-likeness (QED) is 0.756. The highest BCUT2D eigenvalue weighted by atomic mass is 32.2. The van der Waals surface area contributed by atoms with E-state index in [0.717, 1.165) is 0 Å². The Morgan fingerprint density at radius 1 is 1.43 bits per heavy atom. The average molecular weight is 326 g/mol. The van der Waals surface area contributed by atoms with Crippen molar-refractivity contribution in [3.8, 4) is 0 Å². The minimum absolute atomic E-state index is 0.0226. The molecule has 0 bridgehead atoms. The number of nitrogen functional groups attached to an aromatic ring is 1. The highest BCUT2D eigenvalue weighted by Gasteiger charge is 2.25. The number of sulfonamides is 1. The minimum atomic E-state index is -3.83. The molecule has 0 amide bonds. The van der Waals surface area contributed by atoms with E-state index in [1.807, 2.05) is 13.8 Å². The van der Waals surface area contributed by atoms with E-state index in [1.165, 1.54) is 21.9 Å². The molecule has 3 heterocycles. The molecule has 0 aromatic carbocycles. The van der Waals surface area contributed by atoms with Crippen molar-refractivity contribution in [2.75, 3.05) is 10.5 Å². The van der Waals surface area contributed by atoms with Crippen LogP contribution in [-0.2, 0) is 10.0 Å². The van der Waals surface area contributed by atoms with Crippen LogP contribution in [0.4, 0.5) is 11.5 Å². The van der Waals surface area contributed by atoms with Crippen LogP contribution < -0.4 is 10.5 Å². The van der Waals surface area contributed by atoms with Crippen LogP contribution in [0.15, 0.2) is 29.0 Å². The summed E-state index contributed by atoms with van der Waals surface area (Å²) in [5.41, 5.74) is 6.11. The third kappa shape index (κ3) is 2.36. The Labute approximate surface area is 125 Å². The molecule has 0 atom stereocenters. The molecular formula is C11H14N6O2S2. The SMILES string of the molecule is CC(C)n1cc(NS(=O)(=O)c2c(N)nc3sccn23)cn1. The van der Waals surface area contributed by atoms with Gasteiger partial charge in [0.05, 0.1) is 11.9 Å². The first-order valence-corrected chi connectivity index (χ1v) is 8.53. The highest BCUT2D eigenvalue weighted by molar-refractivity contribution is 7.92. The third-order valence-corrected chi connectivity index (χ3v) is 5.06. The lowest BCUT2D eigenvalue weighted by molar-refractivity contribution is 0.532. The molecule has 21 heavy (non-hydrogen) atoms. The molecular weight excluding hydrogens is 312 g/mol. The molecule has 0 radical (unpaired) electrons. The Morgan fingerprint density at radius 2 is 2.19 bits per heavy atom. The number of imidazole rings is 1. The maximum atomic E-state index is 12.5. The monoisotopic (exact) mass is 326 g/mol. The molecule has 0 aliphatic heterocycles. The Balaban J connectivity index is 2.00. The van der Waals surface area contributed by atoms with Gasteiger partial charge in [-0.05, 0) is 13.8 Å². The van der Waals surface area contributed by atoms with Gasteiger partial charge < -0.3 is 5.73 Å². The van der Waals surface area contributed by atoms with Crippen LogP contribution in [-0.4, -0.2) is 27.6 Å². The molecule has 8 nitrogen and oxygen atoms in total. The Hall–Kier alpha value is -2.07. The first-order valence-electron chi connectivity index (χ1n) is 6.16. The van der Waals surface area contributed by atoms with E-state index in [4.69, 9.17) is 5.73 Å². The van der Waals surface area contributed by atoms with Crippen molar-refractivity contribution >= 4 is 37.8 Å². The van der Waals surface area contributed by atoms with Gasteiger partial charge in [-0.15, -0.1) is 11.3 Å². The highest BCUT2D eigenvalue weighted by Crippen LogP contribution is 2.25. The average Bonchev–Trinajstić information content (AvgIpc) is 3.02. The van der Waals surface area contributed by atoms with Crippen LogP contribution in [0, 0.1) is 0 Å². The number of nitrogens with zero attached hydrogens (tertiary/aromatic N) is 4. The van der Waals surface area contributed by atoms with Crippen LogP contribution in [0.2, 0.25) is 0 Å². The second kappa shape index (κ2) is 4.74. The Bertz CT molecular complexity index is 889. The van der Waals surface area contributed by atoms with Gasteiger partial charge in [-0.25, -0.2) is 4.98 Å². The van der Waals surface area contributed by atoms with E-state index in [2.05, 4.69) is 14.8 Å². The number of hydrogen-bond donors (Lipinski definition) is 2. The van der Waals surface area contributed by atoms with Gasteiger partial charge in [-0.3, -0.25) is 13.8 Å². The van der Waals surface area contributed by atoms with Crippen LogP contribution in [0.25, 0.3) is 4.96 Å². The molecule has 0 unspecified atom stereocenters. The van der Waals surface area contributed by atoms with Crippen molar-refractivity contribution in [2.24, 2.45) is 0 Å². The number of anilines is 2. The van der Waals surface area contributed by atoms with Gasteiger partial charge in [0.1, 0.15) is 0 Å². The third-order valence-electron chi connectivity index (χ3n) is 2.88. The predicted octanol–water partition coefficient (Wildman–Crippen LogP) is 1.56. The van der Waals surface area contributed by atoms with Crippen LogP contribution in [0.3, 0.4) is 0 Å². The number of fused-ring (bicyclic) bond motifs is 1. The smallest absolute Gasteiger partial charge is 0.281 e. The standard InChI is InChI=1S/C11H14N6O2S2/c1-7(2)17-6-8(5-13-17)15-21(18,19)10-9(12)14-11-16(10)3-4-20-11/h3-7,15H,12H2,1-2H3. The van der Waals surface area contributed by atoms with E-state index in [-0.39, 0.29) is 16.9 Å². The zero-order valence-corrected chi connectivity index (χ0v) is 13.0. The normalized spacial score (nSPS) is 12.3. The summed E-state index contributed by atoms with van der Waals surface area (Å²) in [6.07, 6.45) is 4.71. The van der Waals surface area contributed by atoms with Crippen molar-refractivity contribution in [2.45, 2.75) is 24.9 Å². The van der Waals surface area contributed by atoms with E-state index < -0.39 is 10.0 Å². The van der Waals surface area contributed by atoms with E-state index in [1.54, 1.807) is 22.5 Å². The van der Waals surface area contributed by atoms with E-state index >= 15 is 0 Å². The summed E-state index contributed by atoms with van der Waals surface area (Å²) in [6, 6.07) is 0.145. The molecule has 112 valence electrons. The van der Waals surface area contributed by atoms with Gasteiger partial charge >= 0.3 is 0 Å². The maximum absolute atomic E-state index is 12.5. The lowest BCUT2D eigenvalue weighted by Crippen LogP contribution is -2.16. The van der Waals surface area contributed by atoms with Gasteiger partial charge in [0.15, 0.2) is 10.8 Å². The summed E-state index contributed by atoms with van der Waals surface area (Å²) in [7, 11) is -3.83. The summed E-state index contributed by atoms with van der Waals surface area (Å²) in [6.45, 7) is 3.91. The molecule has 3 N–H and O–H groups in total. The van der Waals surface area contributed by atoms with Crippen molar-refractivity contribution in [1.29, 1.82) is 0 Å². The molecule has 3 aromatic heterocycles. The molecule has 0 fully saturated rings. The van der Waals surface area contributed by atoms with Crippen molar-refractivity contribution in [3.05, 3.63) is 24.0 Å². The number of nitrogens with two attached hydrogens (primary N) is 1. The minimum Gasteiger partial charge on any atom is -0.381 e. The van der Waals surface area contributed by atoms with E-state index in [9.17, 15) is 8.42 Å². The Morgan fingerprint density at radius 3 is 2.86 bits per heavy atom. The Kier molecular flexibility index (Phi) is 3.14. The summed E-state index contributed by atoms with van der Waals surface area (Å²) >= 11 is 1.32. The molecule has 0 saturated carbocycles. The van der Waals surface area contributed by atoms with Gasteiger partial charge in [-0.1, -0.05) is 0 Å². The summed E-state index contributed by atoms with van der Waals surface area (Å²) in [4.78, 5) is 4.57. The zero-order valence-electron chi connectivity index (χ0n) is 11.4. The molecule has 0 spiro atoms. The lowest BCUT2D eigenvalue weighted by atomic mass is 10.4. The topological polar surface area (TPSA) is 107 Å². The predicted molar refractivity (Wildman–Crippen MR) is 80.9 cm³/mol. The van der Waals surface area contributed by atoms with Gasteiger partial charge in [-0.2, -0.15) is 13.5 Å². The lowest BCUT2D eigenvalue weighted by Gasteiger charge is -2.06. The van der Waals surface area contributed by atoms with Crippen LogP contribution in [0.1, 0.15) is 19.9 Å². The summed E-state index contributed by atoms with van der Waals surface area (Å²) in [5.74, 6) is -0.0226. The van der Waals surface area contributed by atoms with Crippen molar-refractivity contribution in [3.63, 3.8) is 0 Å². The number of aromatic nitrogens is 4. The molecule has 0 aliphatic rings. The second-order valence-corrected chi connectivity index (χ2v) is 7.24. The van der Waals surface area contributed by atoms with Gasteiger partial charge in [0.2, 0.25) is 5.03 Å². The first-order chi connectivity index (χ1) is 9.88. The number of nitrogens with one attached hydrogen (secondary N) is 1. The second-order valence-electron chi connectivity index (χ2n) is 4.77. The molecule has 0 aliphatic carbocycles. The number of rotatable bonds is 4. The fourth-order valence-electron chi connectivity index (χ4n) is 1.93. The van der Waals surface area contributed by atoms with Gasteiger partial charge in [0, 0.05) is 23.8 Å².